The molecule has 1 N–H and O–H groups in total. The van der Waals surface area contributed by atoms with Crippen molar-refractivity contribution in [3.63, 3.8) is 0 Å². The van der Waals surface area contributed by atoms with Crippen LogP contribution in [0.3, 0.4) is 0 Å². The molecule has 0 aliphatic carbocycles. The minimum Gasteiger partial charge on any atom is -0.292 e. The third-order valence-corrected chi connectivity index (χ3v) is 5.94. The van der Waals surface area contributed by atoms with E-state index in [1.165, 1.54) is 28.7 Å². The second kappa shape index (κ2) is 8.10. The number of thiophene rings is 1. The topological polar surface area (TPSA) is 63.2 Å². The molecule has 0 saturated heterocycles. The van der Waals surface area contributed by atoms with Gasteiger partial charge in [0.2, 0.25) is 10.0 Å². The van der Waals surface area contributed by atoms with Crippen LogP contribution in [-0.2, 0) is 16.4 Å². The fourth-order valence-electron chi connectivity index (χ4n) is 1.95. The van der Waals surface area contributed by atoms with Gasteiger partial charge in [-0.3, -0.25) is 4.79 Å². The van der Waals surface area contributed by atoms with Crippen molar-refractivity contribution in [2.75, 3.05) is 18.6 Å². The lowest BCUT2D eigenvalue weighted by molar-refractivity contribution is 0.102. The van der Waals surface area contributed by atoms with Crippen LogP contribution >= 0.6 is 23.1 Å². The van der Waals surface area contributed by atoms with Gasteiger partial charge >= 0.3 is 0 Å². The highest BCUT2D eigenvalue weighted by Gasteiger charge is 2.10. The molecule has 1 aromatic carbocycles. The van der Waals surface area contributed by atoms with E-state index in [2.05, 4.69) is 10.8 Å². The molecule has 4 nitrogen and oxygen atoms in total. The van der Waals surface area contributed by atoms with E-state index in [0.717, 1.165) is 20.9 Å². The molecule has 1 heterocycles. The summed E-state index contributed by atoms with van der Waals surface area (Å²) in [5.74, 6) is 0.509. The molecule has 0 fully saturated rings. The van der Waals surface area contributed by atoms with E-state index in [-0.39, 0.29) is 5.78 Å². The first-order valence-electron chi connectivity index (χ1n) is 7.09. The first-order chi connectivity index (χ1) is 10.8. The largest absolute Gasteiger partial charge is 0.292 e. The number of rotatable bonds is 8. The number of carbonyl (C=O) groups excluding carboxylic acids is 1. The quantitative estimate of drug-likeness (QED) is 0.574. The van der Waals surface area contributed by atoms with Crippen LogP contribution in [0.4, 0.5) is 0 Å². The number of aryl methyl sites for hydroxylation is 1. The zero-order chi connectivity index (χ0) is 16.9. The molecule has 0 bridgehead atoms. The minimum absolute atomic E-state index is 0.101. The van der Waals surface area contributed by atoms with Crippen LogP contribution in [0.1, 0.15) is 20.1 Å². The number of nitrogens with one attached hydrogen (secondary N) is 1. The highest BCUT2D eigenvalue weighted by molar-refractivity contribution is 8.00. The first-order valence-corrected chi connectivity index (χ1v) is 10.8. The Bertz CT molecular complexity index is 781. The molecule has 0 radical (unpaired) electrons. The van der Waals surface area contributed by atoms with Crippen molar-refractivity contribution in [2.45, 2.75) is 18.2 Å². The maximum atomic E-state index is 12.2. The standard InChI is InChI=1S/C16H19NO3S3/c1-12-4-3-5-14(10-12)21-11-15(18)16-7-6-13(22-16)8-9-17-23(2,19)20/h3-7,10,17H,8-9,11H2,1-2H3. The van der Waals surface area contributed by atoms with Gasteiger partial charge < -0.3 is 0 Å². The summed E-state index contributed by atoms with van der Waals surface area (Å²) in [6.07, 6.45) is 1.73. The Balaban J connectivity index is 1.86. The number of benzene rings is 1. The van der Waals surface area contributed by atoms with Crippen LogP contribution in [-0.4, -0.2) is 32.8 Å². The molecule has 2 rings (SSSR count). The van der Waals surface area contributed by atoms with Crippen molar-refractivity contribution < 1.29 is 13.2 Å². The van der Waals surface area contributed by atoms with E-state index < -0.39 is 10.0 Å². The summed E-state index contributed by atoms with van der Waals surface area (Å²) in [6, 6.07) is 11.8. The van der Waals surface area contributed by atoms with E-state index in [0.29, 0.717) is 18.7 Å². The lowest BCUT2D eigenvalue weighted by atomic mass is 10.2. The van der Waals surface area contributed by atoms with E-state index in [9.17, 15) is 13.2 Å². The average Bonchev–Trinajstić information content (AvgIpc) is 2.92. The molecule has 1 aromatic heterocycles. The molecule has 0 unspecified atom stereocenters. The number of sulfonamides is 1. The summed E-state index contributed by atoms with van der Waals surface area (Å²) >= 11 is 2.97. The third-order valence-electron chi connectivity index (χ3n) is 3.03. The maximum absolute atomic E-state index is 12.2. The summed E-state index contributed by atoms with van der Waals surface area (Å²) in [6.45, 7) is 2.38. The Morgan fingerprint density at radius 3 is 2.74 bits per heavy atom. The monoisotopic (exact) mass is 369 g/mol. The zero-order valence-electron chi connectivity index (χ0n) is 13.0. The van der Waals surface area contributed by atoms with Crippen LogP contribution in [0.5, 0.6) is 0 Å². The van der Waals surface area contributed by atoms with Gasteiger partial charge in [-0.25, -0.2) is 13.1 Å². The van der Waals surface area contributed by atoms with Crippen molar-refractivity contribution in [3.8, 4) is 0 Å². The SMILES string of the molecule is Cc1cccc(SCC(=O)c2ccc(CCNS(C)(=O)=O)s2)c1. The van der Waals surface area contributed by atoms with Gasteiger partial charge in [-0.2, -0.15) is 0 Å². The Morgan fingerprint density at radius 1 is 1.26 bits per heavy atom. The minimum atomic E-state index is -3.16. The number of hydrogen-bond acceptors (Lipinski definition) is 5. The normalized spacial score (nSPS) is 11.6. The summed E-state index contributed by atoms with van der Waals surface area (Å²) in [4.78, 5) is 15.0. The van der Waals surface area contributed by atoms with Gasteiger partial charge in [0.1, 0.15) is 0 Å². The fraction of sp³-hybridized carbons (Fsp3) is 0.312. The van der Waals surface area contributed by atoms with E-state index in [1.807, 2.05) is 37.3 Å². The lowest BCUT2D eigenvalue weighted by Gasteiger charge is -2.01. The summed E-state index contributed by atoms with van der Waals surface area (Å²) in [5.41, 5.74) is 1.18. The second-order valence-electron chi connectivity index (χ2n) is 5.21. The number of ketones is 1. The molecular weight excluding hydrogens is 350 g/mol. The van der Waals surface area contributed by atoms with Crippen LogP contribution in [0, 0.1) is 6.92 Å². The van der Waals surface area contributed by atoms with Gasteiger partial charge in [-0.1, -0.05) is 17.7 Å². The second-order valence-corrected chi connectivity index (χ2v) is 9.26. The summed E-state index contributed by atoms with van der Waals surface area (Å²) in [7, 11) is -3.16. The average molecular weight is 370 g/mol. The number of hydrogen-bond donors (Lipinski definition) is 1. The molecule has 0 aliphatic rings. The molecule has 7 heteroatoms. The van der Waals surface area contributed by atoms with Crippen molar-refractivity contribution in [1.82, 2.24) is 4.72 Å². The molecule has 0 saturated carbocycles. The maximum Gasteiger partial charge on any atom is 0.208 e. The molecule has 0 aliphatic heterocycles. The number of carbonyl (C=O) groups is 1. The molecule has 0 atom stereocenters. The third kappa shape index (κ3) is 6.47. The highest BCUT2D eigenvalue weighted by Crippen LogP contribution is 2.23. The Kier molecular flexibility index (Phi) is 6.41. The van der Waals surface area contributed by atoms with E-state index >= 15 is 0 Å². The predicted molar refractivity (Wildman–Crippen MR) is 97.1 cm³/mol. The van der Waals surface area contributed by atoms with Gasteiger partial charge in [0.05, 0.1) is 16.9 Å². The number of thioether (sulfide) groups is 1. The van der Waals surface area contributed by atoms with Gasteiger partial charge in [0.15, 0.2) is 5.78 Å². The molecule has 124 valence electrons. The van der Waals surface area contributed by atoms with E-state index in [4.69, 9.17) is 0 Å². The van der Waals surface area contributed by atoms with Crippen molar-refractivity contribution in [2.24, 2.45) is 0 Å². The van der Waals surface area contributed by atoms with Crippen LogP contribution < -0.4 is 4.72 Å². The molecule has 2 aromatic rings. The van der Waals surface area contributed by atoms with Gasteiger partial charge in [0, 0.05) is 16.3 Å². The van der Waals surface area contributed by atoms with Gasteiger partial charge in [0.25, 0.3) is 0 Å². The van der Waals surface area contributed by atoms with Gasteiger partial charge in [-0.05, 0) is 37.6 Å². The Hall–Kier alpha value is -1.15. The Labute approximate surface area is 145 Å². The number of Topliss-reactive ketones (excluding diaryl/α,β-unsaturated/α-hetero) is 1. The summed E-state index contributed by atoms with van der Waals surface area (Å²) in [5, 5.41) is 0. The van der Waals surface area contributed by atoms with Gasteiger partial charge in [-0.15, -0.1) is 23.1 Å². The first kappa shape index (κ1) is 18.2. The van der Waals surface area contributed by atoms with Crippen molar-refractivity contribution in [1.29, 1.82) is 0 Å². The van der Waals surface area contributed by atoms with Crippen molar-refractivity contribution >= 4 is 38.9 Å². The Morgan fingerprint density at radius 2 is 2.04 bits per heavy atom. The van der Waals surface area contributed by atoms with E-state index in [1.54, 1.807) is 0 Å². The molecule has 0 amide bonds. The van der Waals surface area contributed by atoms with Crippen molar-refractivity contribution in [3.05, 3.63) is 51.7 Å². The molecule has 23 heavy (non-hydrogen) atoms. The zero-order valence-corrected chi connectivity index (χ0v) is 15.5. The smallest absolute Gasteiger partial charge is 0.208 e. The predicted octanol–water partition coefficient (Wildman–Crippen LogP) is 3.12. The van der Waals surface area contributed by atoms with Crippen LogP contribution in [0.25, 0.3) is 0 Å². The molecule has 0 spiro atoms. The molecular formula is C16H19NO3S3. The summed E-state index contributed by atoms with van der Waals surface area (Å²) < 4.78 is 24.5. The highest BCUT2D eigenvalue weighted by atomic mass is 32.2. The van der Waals surface area contributed by atoms with Crippen LogP contribution in [0.15, 0.2) is 41.3 Å². The fourth-order valence-corrected chi connectivity index (χ4v) is 4.35. The van der Waals surface area contributed by atoms with Crippen LogP contribution in [0.2, 0.25) is 0 Å². The lowest BCUT2D eigenvalue weighted by Crippen LogP contribution is -2.23.